The summed E-state index contributed by atoms with van der Waals surface area (Å²) in [6.45, 7) is 13.3. The zero-order valence-corrected chi connectivity index (χ0v) is 41.1. The molecule has 0 bridgehead atoms. The standard InChI is InChI=1S/C56H87F3O2S/c1-7-13-19-26-34-46-42-48(36-28-21-15-9-3)53(49(43-46)37-29-22-16-10-4)62(52-40-32-25-33-41-52,61-55(60)56(57,58)59)54-50(38-30-23-17-11-5)44-47(35-27-20-14-8-2)45-51(54)39-31-24-18-12-6/h25,32-33,40-45H,7-24,26-31,34-39H2,1-6H3. The summed E-state index contributed by atoms with van der Waals surface area (Å²) in [5.74, 6) is -2.08. The van der Waals surface area contributed by atoms with E-state index in [0.717, 1.165) is 212 Å². The van der Waals surface area contributed by atoms with Gasteiger partial charge in [0, 0.05) is 14.7 Å². The van der Waals surface area contributed by atoms with E-state index in [1.54, 1.807) is 0 Å². The van der Waals surface area contributed by atoms with E-state index in [1.165, 1.54) is 24.0 Å². The molecule has 0 saturated carbocycles. The van der Waals surface area contributed by atoms with Crippen LogP contribution in [0.15, 0.2) is 69.3 Å². The molecule has 0 heterocycles. The molecule has 0 aliphatic carbocycles. The Kier molecular flexibility index (Phi) is 26.3. The summed E-state index contributed by atoms with van der Waals surface area (Å²) < 4.78 is 52.1. The first-order valence-corrected chi connectivity index (χ1v) is 27.1. The number of halogens is 3. The molecule has 350 valence electrons. The lowest BCUT2D eigenvalue weighted by Crippen LogP contribution is -2.29. The fourth-order valence-electron chi connectivity index (χ4n) is 9.15. The van der Waals surface area contributed by atoms with E-state index in [9.17, 15) is 4.79 Å². The van der Waals surface area contributed by atoms with Gasteiger partial charge in [0.25, 0.3) is 0 Å². The number of carbonyl (C=O) groups is 1. The molecule has 0 aliphatic rings. The summed E-state index contributed by atoms with van der Waals surface area (Å²) in [4.78, 5) is 16.5. The Morgan fingerprint density at radius 2 is 0.726 bits per heavy atom. The normalized spacial score (nSPS) is 12.3. The minimum atomic E-state index is -5.16. The van der Waals surface area contributed by atoms with Crippen molar-refractivity contribution in [1.82, 2.24) is 0 Å². The van der Waals surface area contributed by atoms with Crippen molar-refractivity contribution in [3.05, 3.63) is 88.0 Å². The van der Waals surface area contributed by atoms with Gasteiger partial charge in [0.05, 0.1) is 0 Å². The van der Waals surface area contributed by atoms with Crippen molar-refractivity contribution in [1.29, 1.82) is 0 Å². The Hall–Kier alpha value is -2.73. The summed E-state index contributed by atoms with van der Waals surface area (Å²) in [5, 5.41) is 0. The third-order valence-electron chi connectivity index (χ3n) is 12.5. The molecular weight excluding hydrogens is 794 g/mol. The second-order valence-corrected chi connectivity index (χ2v) is 20.7. The van der Waals surface area contributed by atoms with Crippen molar-refractivity contribution in [3.8, 4) is 0 Å². The fraction of sp³-hybridized carbons (Fsp3) is 0.661. The van der Waals surface area contributed by atoms with Crippen molar-refractivity contribution in [2.24, 2.45) is 0 Å². The lowest BCUT2D eigenvalue weighted by Gasteiger charge is -2.45. The molecule has 0 fully saturated rings. The summed E-state index contributed by atoms with van der Waals surface area (Å²) >= 11 is 0. The second-order valence-electron chi connectivity index (χ2n) is 18.1. The van der Waals surface area contributed by atoms with Gasteiger partial charge in [-0.15, -0.1) is 0 Å². The Labute approximate surface area is 379 Å². The minimum absolute atomic E-state index is 0.693. The highest BCUT2D eigenvalue weighted by Gasteiger charge is 2.49. The molecule has 0 atom stereocenters. The Bertz CT molecular complexity index is 1510. The smallest absolute Gasteiger partial charge is 0.395 e. The average Bonchev–Trinajstić information content (AvgIpc) is 3.26. The van der Waals surface area contributed by atoms with E-state index in [-0.39, 0.29) is 0 Å². The monoisotopic (exact) mass is 881 g/mol. The maximum atomic E-state index is 15.1. The number of hydrogen-bond acceptors (Lipinski definition) is 2. The predicted molar refractivity (Wildman–Crippen MR) is 261 cm³/mol. The largest absolute Gasteiger partial charge is 0.491 e. The molecule has 0 radical (unpaired) electrons. The molecule has 62 heavy (non-hydrogen) atoms. The van der Waals surface area contributed by atoms with E-state index in [1.807, 2.05) is 30.3 Å². The van der Waals surface area contributed by atoms with E-state index in [2.05, 4.69) is 65.8 Å². The number of alkyl halides is 3. The minimum Gasteiger partial charge on any atom is -0.395 e. The summed E-state index contributed by atoms with van der Waals surface area (Å²) in [7, 11) is -3.27. The van der Waals surface area contributed by atoms with Crippen LogP contribution >= 0.6 is 10.3 Å². The fourth-order valence-corrected chi connectivity index (χ4v) is 13.1. The number of rotatable bonds is 34. The van der Waals surface area contributed by atoms with Crippen LogP contribution in [0.5, 0.6) is 0 Å². The summed E-state index contributed by atoms with van der Waals surface area (Å²) in [6, 6.07) is 19.1. The lowest BCUT2D eigenvalue weighted by atomic mass is 9.94. The van der Waals surface area contributed by atoms with Crippen LogP contribution in [-0.4, -0.2) is 12.1 Å². The van der Waals surface area contributed by atoms with Crippen LogP contribution in [0.25, 0.3) is 0 Å². The van der Waals surface area contributed by atoms with E-state index in [0.29, 0.717) is 4.90 Å². The van der Waals surface area contributed by atoms with Crippen LogP contribution < -0.4 is 0 Å². The summed E-state index contributed by atoms with van der Waals surface area (Å²) in [5.41, 5.74) is 6.89. The van der Waals surface area contributed by atoms with Gasteiger partial charge in [-0.3, -0.25) is 0 Å². The van der Waals surface area contributed by atoms with E-state index >= 15 is 13.2 Å². The van der Waals surface area contributed by atoms with Gasteiger partial charge in [-0.1, -0.05) is 200 Å². The van der Waals surface area contributed by atoms with Gasteiger partial charge in [-0.25, -0.2) is 4.79 Å². The first-order valence-electron chi connectivity index (χ1n) is 25.6. The Balaban J connectivity index is 2.65. The Morgan fingerprint density at radius 3 is 1.00 bits per heavy atom. The van der Waals surface area contributed by atoms with Gasteiger partial charge in [-0.05, 0) is 133 Å². The van der Waals surface area contributed by atoms with Gasteiger partial charge < -0.3 is 4.18 Å². The molecule has 6 heteroatoms. The zero-order chi connectivity index (χ0) is 45.1. The van der Waals surface area contributed by atoms with Crippen molar-refractivity contribution >= 4 is 16.3 Å². The highest BCUT2D eigenvalue weighted by atomic mass is 32.3. The first-order chi connectivity index (χ1) is 30.1. The molecule has 3 aromatic rings. The molecule has 0 N–H and O–H groups in total. The van der Waals surface area contributed by atoms with Gasteiger partial charge >= 0.3 is 12.1 Å². The zero-order valence-electron chi connectivity index (χ0n) is 40.3. The SMILES string of the molecule is CCCCCCc1cc(CCCCCC)c(S(OC(=O)C(F)(F)F)(c2ccccc2)c2c(CCCCCC)cc(CCCCCC)cc2CCCCCC)c(CCCCCC)c1. The van der Waals surface area contributed by atoms with Crippen molar-refractivity contribution < 1.29 is 22.1 Å². The molecule has 3 rings (SSSR count). The van der Waals surface area contributed by atoms with Crippen molar-refractivity contribution in [2.45, 2.75) is 255 Å². The van der Waals surface area contributed by atoms with Gasteiger partial charge in [-0.2, -0.15) is 13.2 Å². The summed E-state index contributed by atoms with van der Waals surface area (Å²) in [6.07, 6.45) is 25.7. The third-order valence-corrected chi connectivity index (χ3v) is 16.1. The van der Waals surface area contributed by atoms with Crippen LogP contribution in [0.4, 0.5) is 13.2 Å². The molecule has 0 saturated heterocycles. The number of hydrogen-bond donors (Lipinski definition) is 0. The van der Waals surface area contributed by atoms with Crippen molar-refractivity contribution in [2.75, 3.05) is 0 Å². The number of benzene rings is 3. The molecular formula is C56H87F3O2S. The first kappa shape index (κ1) is 53.6. The lowest BCUT2D eigenvalue weighted by molar-refractivity contribution is -0.188. The predicted octanol–water partition coefficient (Wildman–Crippen LogP) is 18.7. The van der Waals surface area contributed by atoms with Crippen molar-refractivity contribution in [3.63, 3.8) is 0 Å². The Morgan fingerprint density at radius 1 is 0.435 bits per heavy atom. The molecule has 3 aromatic carbocycles. The van der Waals surface area contributed by atoms with Gasteiger partial charge in [0.2, 0.25) is 0 Å². The number of unbranched alkanes of at least 4 members (excludes halogenated alkanes) is 18. The van der Waals surface area contributed by atoms with E-state index in [4.69, 9.17) is 4.18 Å². The second kappa shape index (κ2) is 30.4. The topological polar surface area (TPSA) is 26.3 Å². The maximum absolute atomic E-state index is 15.1. The van der Waals surface area contributed by atoms with Crippen LogP contribution in [0.1, 0.15) is 229 Å². The molecule has 0 spiro atoms. The van der Waals surface area contributed by atoms with Gasteiger partial charge in [0.15, 0.2) is 0 Å². The van der Waals surface area contributed by atoms with Gasteiger partial charge in [0.1, 0.15) is 0 Å². The van der Waals surface area contributed by atoms with Crippen LogP contribution in [0.3, 0.4) is 0 Å². The third kappa shape index (κ3) is 17.3. The molecule has 0 aromatic heterocycles. The average molecular weight is 881 g/mol. The van der Waals surface area contributed by atoms with Crippen LogP contribution in [-0.2, 0) is 47.5 Å². The molecule has 2 nitrogen and oxygen atoms in total. The molecule has 0 unspecified atom stereocenters. The highest BCUT2D eigenvalue weighted by Crippen LogP contribution is 2.73. The molecule has 0 amide bonds. The van der Waals surface area contributed by atoms with E-state index < -0.39 is 22.5 Å². The highest BCUT2D eigenvalue weighted by molar-refractivity contribution is 8.30. The number of aryl methyl sites for hydroxylation is 6. The van der Waals surface area contributed by atoms with Crippen LogP contribution in [0, 0.1) is 0 Å². The van der Waals surface area contributed by atoms with Crippen LogP contribution in [0.2, 0.25) is 0 Å². The number of carbonyl (C=O) groups excluding carboxylic acids is 1. The quantitative estimate of drug-likeness (QED) is 0.0559. The maximum Gasteiger partial charge on any atom is 0.491 e. The molecule has 0 aliphatic heterocycles.